The summed E-state index contributed by atoms with van der Waals surface area (Å²) in [5.74, 6) is 0.997. The number of hydrogen-bond donors (Lipinski definition) is 1. The van der Waals surface area contributed by atoms with Gasteiger partial charge in [0.1, 0.15) is 16.4 Å². The average molecular weight is 405 g/mol. The van der Waals surface area contributed by atoms with Gasteiger partial charge in [0.15, 0.2) is 0 Å². The van der Waals surface area contributed by atoms with E-state index < -0.39 is 10.0 Å². The van der Waals surface area contributed by atoms with Crippen LogP contribution in [-0.2, 0) is 16.6 Å². The zero-order chi connectivity index (χ0) is 19.3. The van der Waals surface area contributed by atoms with E-state index in [0.29, 0.717) is 23.3 Å². The van der Waals surface area contributed by atoms with Crippen molar-refractivity contribution < 1.29 is 17.9 Å². The zero-order valence-corrected chi connectivity index (χ0v) is 16.6. The molecule has 3 aromatic rings. The highest BCUT2D eigenvalue weighted by molar-refractivity contribution is 7.89. The molecule has 0 amide bonds. The van der Waals surface area contributed by atoms with Gasteiger partial charge in [0.2, 0.25) is 10.0 Å². The van der Waals surface area contributed by atoms with Crippen LogP contribution in [0.1, 0.15) is 18.1 Å². The van der Waals surface area contributed by atoms with E-state index in [1.54, 1.807) is 30.5 Å². The quantitative estimate of drug-likeness (QED) is 0.611. The van der Waals surface area contributed by atoms with Crippen LogP contribution in [0.15, 0.2) is 58.9 Å². The van der Waals surface area contributed by atoms with Gasteiger partial charge in [-0.2, -0.15) is 0 Å². The molecule has 0 unspecified atom stereocenters. The van der Waals surface area contributed by atoms with Gasteiger partial charge >= 0.3 is 0 Å². The molecule has 8 heteroatoms. The molecule has 142 valence electrons. The first-order chi connectivity index (χ1) is 13.0. The second-order valence-corrected chi connectivity index (χ2v) is 8.34. The SMILES string of the molecule is CCOc1ccc(C)cc1S(=O)(=O)NCc1ccc(Oc2nccs2)cc1. The highest BCUT2D eigenvalue weighted by Crippen LogP contribution is 2.26. The Morgan fingerprint density at radius 2 is 1.93 bits per heavy atom. The van der Waals surface area contributed by atoms with Crippen molar-refractivity contribution in [2.24, 2.45) is 0 Å². The lowest BCUT2D eigenvalue weighted by Gasteiger charge is -2.13. The minimum absolute atomic E-state index is 0.146. The molecule has 0 radical (unpaired) electrons. The zero-order valence-electron chi connectivity index (χ0n) is 15.0. The van der Waals surface area contributed by atoms with Crippen LogP contribution in [0, 0.1) is 6.92 Å². The molecule has 1 heterocycles. The van der Waals surface area contributed by atoms with Crippen molar-refractivity contribution in [1.82, 2.24) is 9.71 Å². The highest BCUT2D eigenvalue weighted by atomic mass is 32.2. The van der Waals surface area contributed by atoms with Gasteiger partial charge in [-0.3, -0.25) is 0 Å². The van der Waals surface area contributed by atoms with Crippen LogP contribution in [0.4, 0.5) is 0 Å². The highest BCUT2D eigenvalue weighted by Gasteiger charge is 2.19. The van der Waals surface area contributed by atoms with Crippen molar-refractivity contribution in [3.63, 3.8) is 0 Å². The number of nitrogens with one attached hydrogen (secondary N) is 1. The monoisotopic (exact) mass is 404 g/mol. The van der Waals surface area contributed by atoms with Crippen LogP contribution in [0.3, 0.4) is 0 Å². The Morgan fingerprint density at radius 3 is 2.59 bits per heavy atom. The van der Waals surface area contributed by atoms with Gasteiger partial charge in [-0.1, -0.05) is 29.5 Å². The molecule has 6 nitrogen and oxygen atoms in total. The third kappa shape index (κ3) is 5.06. The van der Waals surface area contributed by atoms with Crippen LogP contribution < -0.4 is 14.2 Å². The summed E-state index contributed by atoms with van der Waals surface area (Å²) in [6, 6.07) is 12.3. The minimum atomic E-state index is -3.70. The minimum Gasteiger partial charge on any atom is -0.492 e. The Hall–Kier alpha value is -2.42. The predicted octanol–water partition coefficient (Wildman–Crippen LogP) is 4.12. The molecule has 1 aromatic heterocycles. The first kappa shape index (κ1) is 19.3. The fourth-order valence-corrected chi connectivity index (χ4v) is 4.14. The van der Waals surface area contributed by atoms with Crippen molar-refractivity contribution in [2.75, 3.05) is 6.61 Å². The van der Waals surface area contributed by atoms with E-state index in [2.05, 4.69) is 9.71 Å². The van der Waals surface area contributed by atoms with Crippen LogP contribution in [0.5, 0.6) is 16.7 Å². The maximum absolute atomic E-state index is 12.7. The summed E-state index contributed by atoms with van der Waals surface area (Å²) in [5, 5.41) is 2.40. The summed E-state index contributed by atoms with van der Waals surface area (Å²) in [6.45, 7) is 4.22. The number of thiazole rings is 1. The molecule has 2 aromatic carbocycles. The van der Waals surface area contributed by atoms with Crippen molar-refractivity contribution in [3.8, 4) is 16.7 Å². The van der Waals surface area contributed by atoms with E-state index in [1.807, 2.05) is 37.4 Å². The van der Waals surface area contributed by atoms with Gasteiger partial charge in [0.25, 0.3) is 5.19 Å². The van der Waals surface area contributed by atoms with Crippen LogP contribution in [-0.4, -0.2) is 20.0 Å². The first-order valence-electron chi connectivity index (χ1n) is 8.37. The first-order valence-corrected chi connectivity index (χ1v) is 10.7. The maximum Gasteiger partial charge on any atom is 0.278 e. The fraction of sp³-hybridized carbons (Fsp3) is 0.211. The smallest absolute Gasteiger partial charge is 0.278 e. The molecule has 0 bridgehead atoms. The van der Waals surface area contributed by atoms with Gasteiger partial charge in [-0.15, -0.1) is 0 Å². The average Bonchev–Trinajstić information content (AvgIpc) is 3.16. The summed E-state index contributed by atoms with van der Waals surface area (Å²) < 4.78 is 39.1. The number of ether oxygens (including phenoxy) is 2. The number of nitrogens with zero attached hydrogens (tertiary/aromatic N) is 1. The molecule has 1 N–H and O–H groups in total. The molecule has 0 saturated carbocycles. The lowest BCUT2D eigenvalue weighted by atomic mass is 10.2. The topological polar surface area (TPSA) is 77.5 Å². The summed E-state index contributed by atoms with van der Waals surface area (Å²) in [6.07, 6.45) is 1.67. The van der Waals surface area contributed by atoms with Gasteiger partial charge in [-0.05, 0) is 49.2 Å². The molecule has 0 atom stereocenters. The van der Waals surface area contributed by atoms with E-state index >= 15 is 0 Å². The summed E-state index contributed by atoms with van der Waals surface area (Å²) in [4.78, 5) is 4.21. The largest absolute Gasteiger partial charge is 0.492 e. The molecule has 0 aliphatic heterocycles. The molecular weight excluding hydrogens is 384 g/mol. The number of aryl methyl sites for hydroxylation is 1. The Bertz CT molecular complexity index is 985. The van der Waals surface area contributed by atoms with E-state index in [4.69, 9.17) is 9.47 Å². The molecule has 0 saturated heterocycles. The summed E-state index contributed by atoms with van der Waals surface area (Å²) in [7, 11) is -3.70. The number of aromatic nitrogens is 1. The fourth-order valence-electron chi connectivity index (χ4n) is 2.39. The molecule has 0 spiro atoms. The third-order valence-corrected chi connectivity index (χ3v) is 5.76. The lowest BCUT2D eigenvalue weighted by Crippen LogP contribution is -2.24. The lowest BCUT2D eigenvalue weighted by molar-refractivity contribution is 0.331. The Balaban J connectivity index is 1.69. The second kappa shape index (κ2) is 8.51. The van der Waals surface area contributed by atoms with Crippen molar-refractivity contribution in [2.45, 2.75) is 25.3 Å². The summed E-state index contributed by atoms with van der Waals surface area (Å²) in [5.41, 5.74) is 1.66. The van der Waals surface area contributed by atoms with E-state index in [0.717, 1.165) is 11.1 Å². The number of benzene rings is 2. The van der Waals surface area contributed by atoms with E-state index in [-0.39, 0.29) is 11.4 Å². The third-order valence-electron chi connectivity index (χ3n) is 3.69. The summed E-state index contributed by atoms with van der Waals surface area (Å²) >= 11 is 1.40. The van der Waals surface area contributed by atoms with Crippen LogP contribution >= 0.6 is 11.3 Å². The number of sulfonamides is 1. The van der Waals surface area contributed by atoms with Gasteiger partial charge < -0.3 is 9.47 Å². The Labute approximate surface area is 162 Å². The van der Waals surface area contributed by atoms with Gasteiger partial charge in [0, 0.05) is 18.1 Å². The van der Waals surface area contributed by atoms with Gasteiger partial charge in [0.05, 0.1) is 6.61 Å². The number of hydrogen-bond acceptors (Lipinski definition) is 6. The normalized spacial score (nSPS) is 11.3. The number of rotatable bonds is 8. The molecule has 27 heavy (non-hydrogen) atoms. The molecule has 0 fully saturated rings. The Morgan fingerprint density at radius 1 is 1.15 bits per heavy atom. The van der Waals surface area contributed by atoms with Crippen LogP contribution in [0.2, 0.25) is 0 Å². The van der Waals surface area contributed by atoms with Crippen molar-refractivity contribution >= 4 is 21.4 Å². The maximum atomic E-state index is 12.7. The van der Waals surface area contributed by atoms with Crippen molar-refractivity contribution in [3.05, 3.63) is 65.2 Å². The Kier molecular flexibility index (Phi) is 6.10. The second-order valence-electron chi connectivity index (χ2n) is 5.75. The standard InChI is InChI=1S/C19H20N2O4S2/c1-3-24-17-9-4-14(2)12-18(17)27(22,23)21-13-15-5-7-16(8-6-15)25-19-20-10-11-26-19/h4-12,21H,3,13H2,1-2H3. The van der Waals surface area contributed by atoms with Crippen molar-refractivity contribution in [1.29, 1.82) is 0 Å². The predicted molar refractivity (Wildman–Crippen MR) is 105 cm³/mol. The molecular formula is C19H20N2O4S2. The molecule has 0 aliphatic carbocycles. The van der Waals surface area contributed by atoms with E-state index in [9.17, 15) is 8.42 Å². The van der Waals surface area contributed by atoms with Crippen LogP contribution in [0.25, 0.3) is 0 Å². The van der Waals surface area contributed by atoms with Gasteiger partial charge in [-0.25, -0.2) is 18.1 Å². The molecule has 0 aliphatic rings. The molecule has 3 rings (SSSR count). The van der Waals surface area contributed by atoms with E-state index in [1.165, 1.54) is 11.3 Å².